The van der Waals surface area contributed by atoms with Crippen LogP contribution < -0.4 is 9.47 Å². The van der Waals surface area contributed by atoms with Gasteiger partial charge in [-0.15, -0.1) is 10.2 Å². The van der Waals surface area contributed by atoms with Gasteiger partial charge in [0.05, 0.1) is 83.9 Å². The van der Waals surface area contributed by atoms with Gasteiger partial charge < -0.3 is 174 Å². The topological polar surface area (TPSA) is 633 Å². The lowest BCUT2D eigenvalue weighted by Gasteiger charge is -2.43. The summed E-state index contributed by atoms with van der Waals surface area (Å²) in [6.07, 6.45) is -48.1. The molecule has 0 aliphatic carbocycles. The Kier molecular flexibility index (Phi) is 26.2. The molecule has 0 unspecified atom stereocenters. The average molecular weight is 1380 g/mol. The van der Waals surface area contributed by atoms with E-state index in [-0.39, 0.29) is 68.0 Å². The fourth-order valence-corrected chi connectivity index (χ4v) is 10.7. The van der Waals surface area contributed by atoms with Crippen molar-refractivity contribution in [2.45, 2.75) is 211 Å². The number of rotatable bonds is 29. The number of aliphatic hydroxyl groups excluding tert-OH is 20. The predicted octanol–water partition coefficient (Wildman–Crippen LogP) is -13.3. The average Bonchev–Trinajstić information content (AvgIpc) is 1.87. The van der Waals surface area contributed by atoms with Gasteiger partial charge in [-0.25, -0.2) is 14.2 Å². The lowest BCUT2D eigenvalue weighted by Crippen LogP contribution is -2.62. The first-order chi connectivity index (χ1) is 45.3. The maximum absolute atomic E-state index is 12.1. The van der Waals surface area contributed by atoms with Crippen molar-refractivity contribution in [1.29, 1.82) is 0 Å². The number of aliphatic hydroxyl groups is 20. The molecular weight excluding hydrogens is 1300 g/mol. The molecule has 0 spiro atoms. The van der Waals surface area contributed by atoms with E-state index in [9.17, 15) is 112 Å². The Bertz CT molecular complexity index is 2680. The monoisotopic (exact) mass is 1380 g/mol. The van der Waals surface area contributed by atoms with Gasteiger partial charge >= 0.3 is 5.97 Å². The molecule has 9 rings (SSSR count). The zero-order valence-corrected chi connectivity index (χ0v) is 49.9. The molecule has 1 aromatic carbocycles. The van der Waals surface area contributed by atoms with Crippen LogP contribution in [-0.4, -0.2) is 380 Å². The zero-order chi connectivity index (χ0) is 68.7. The molecule has 2 aromatic heterocycles. The maximum Gasteiger partial charge on any atom is 0.335 e. The van der Waals surface area contributed by atoms with Gasteiger partial charge in [-0.2, -0.15) is 0 Å². The van der Waals surface area contributed by atoms with Crippen LogP contribution >= 0.6 is 0 Å². The van der Waals surface area contributed by atoms with Crippen molar-refractivity contribution in [2.24, 2.45) is 0 Å². The molecule has 6 aliphatic heterocycles. The molecule has 0 amide bonds. The molecule has 0 radical (unpaired) electrons. The van der Waals surface area contributed by atoms with Gasteiger partial charge in [-0.05, 0) is 12.1 Å². The molecular formula is C53H80N6O36. The number of carbonyl (C=O) groups is 1. The van der Waals surface area contributed by atoms with Gasteiger partial charge in [0.15, 0.2) is 37.7 Å². The van der Waals surface area contributed by atoms with E-state index in [0.717, 1.165) is 0 Å². The predicted molar refractivity (Wildman–Crippen MR) is 292 cm³/mol. The number of carboxylic acid groups (broad SMARTS) is 1. The molecule has 21 N–H and O–H groups in total. The SMILES string of the molecule is O=C(O)c1cc(OCc2cn(CCO[C@H]3O[C@H](CO[C@@H]4O[C@H](CO[C@@H]5O[C@H](CO)[C@@H](O)[C@H](O)[C@H]5O)[C@@H](O)[C@H](O)[C@H]4O)[C@@H](O)[C@H](O)[C@H]3O)nn2)cc(OCc2cn(CCO[C@H]3O[C@H](CO[C@@H]4O[C@H](CO[C@@H]5O[C@H](CO)[C@@H](O)[C@H](O)[C@H]5O)[C@@H](O)[C@H](O)[C@H]4O)[C@@H](O)[C@H](O)[C@H]3O)nn2)c1. The van der Waals surface area contributed by atoms with Crippen LogP contribution in [0.2, 0.25) is 0 Å². The summed E-state index contributed by atoms with van der Waals surface area (Å²) in [4.78, 5) is 12.1. The molecule has 95 heavy (non-hydrogen) atoms. The van der Waals surface area contributed by atoms with Gasteiger partial charge in [0.2, 0.25) is 0 Å². The number of aromatic nitrogens is 6. The fraction of sp³-hybridized carbons (Fsp3) is 0.792. The van der Waals surface area contributed by atoms with Crippen LogP contribution in [0, 0.1) is 0 Å². The molecule has 3 aromatic rings. The second kappa shape index (κ2) is 33.4. The third kappa shape index (κ3) is 17.8. The van der Waals surface area contributed by atoms with E-state index in [2.05, 4.69) is 20.6 Å². The molecule has 30 atom stereocenters. The highest BCUT2D eigenvalue weighted by Gasteiger charge is 2.52. The van der Waals surface area contributed by atoms with Crippen molar-refractivity contribution < 1.29 is 178 Å². The second-order valence-electron chi connectivity index (χ2n) is 23.0. The van der Waals surface area contributed by atoms with E-state index < -0.39 is 230 Å². The van der Waals surface area contributed by atoms with Crippen molar-refractivity contribution in [2.75, 3.05) is 52.9 Å². The Morgan fingerprint density at radius 1 is 0.368 bits per heavy atom. The smallest absolute Gasteiger partial charge is 0.335 e. The molecule has 0 bridgehead atoms. The maximum atomic E-state index is 12.1. The van der Waals surface area contributed by atoms with Crippen molar-refractivity contribution in [1.82, 2.24) is 30.0 Å². The van der Waals surface area contributed by atoms with Crippen LogP contribution in [-0.2, 0) is 83.1 Å². The Morgan fingerprint density at radius 2 is 0.632 bits per heavy atom. The van der Waals surface area contributed by atoms with Gasteiger partial charge in [-0.3, -0.25) is 0 Å². The zero-order valence-electron chi connectivity index (χ0n) is 49.9. The van der Waals surface area contributed by atoms with Crippen LogP contribution in [0.25, 0.3) is 0 Å². The van der Waals surface area contributed by atoms with Crippen molar-refractivity contribution in [3.63, 3.8) is 0 Å². The minimum absolute atomic E-state index is 0.0290. The molecule has 8 heterocycles. The Labute approximate surface area is 535 Å². The normalized spacial score (nSPS) is 41.0. The third-order valence-electron chi connectivity index (χ3n) is 16.3. The van der Waals surface area contributed by atoms with E-state index in [1.807, 2.05) is 0 Å². The molecule has 538 valence electrons. The van der Waals surface area contributed by atoms with Gasteiger partial charge in [0.25, 0.3) is 0 Å². The Hall–Kier alpha value is -4.71. The lowest BCUT2D eigenvalue weighted by molar-refractivity contribution is -0.342. The second-order valence-corrected chi connectivity index (χ2v) is 23.0. The number of ether oxygens (including phenoxy) is 14. The van der Waals surface area contributed by atoms with Gasteiger partial charge in [-0.1, -0.05) is 10.4 Å². The summed E-state index contributed by atoms with van der Waals surface area (Å²) in [7, 11) is 0. The molecule has 6 fully saturated rings. The molecule has 6 aliphatic rings. The minimum atomic E-state index is -1.90. The van der Waals surface area contributed by atoms with E-state index in [1.54, 1.807) is 0 Å². The van der Waals surface area contributed by atoms with E-state index >= 15 is 0 Å². The number of nitrogens with zero attached hydrogens (tertiary/aromatic N) is 6. The standard InChI is InChI=1S/C53H80N6O36/c60-10-23-29(62)35(68)43(76)50(90-23)86-16-27-33(66)39(72)45(78)52(94-27)88-14-25-31(64)37(70)41(74)48(92-25)82-3-1-58-8-19(54-56-58)12-84-21-5-18(47(80)81)6-22(7-21)85-13-20-9-59(57-55-20)2-4-83-49-42(75)38(71)32(65)26(93-49)15-89-53-46(79)40(73)34(67)28(95-53)17-87-51-44(77)36(69)30(63)24(11-61)91-51/h5-9,23-46,48-53,60-79H,1-4,10-17H2,(H,80,81)/t23-,24-,25-,26-,27-,28-,29-,30-,31-,32-,33-,34-,35+,36+,37+,38+,39+,40+,41-,42-,43-,44-,45-,46-,48+,49+,50-,51-,52-,53-/m1/s1. The Balaban J connectivity index is 0.695. The highest BCUT2D eigenvalue weighted by Crippen LogP contribution is 2.32. The minimum Gasteiger partial charge on any atom is -0.487 e. The molecule has 42 nitrogen and oxygen atoms in total. The number of hydrogen-bond acceptors (Lipinski definition) is 39. The highest BCUT2D eigenvalue weighted by molar-refractivity contribution is 5.88. The summed E-state index contributed by atoms with van der Waals surface area (Å²) in [6, 6.07) is 3.85. The van der Waals surface area contributed by atoms with E-state index in [1.165, 1.54) is 40.0 Å². The third-order valence-corrected chi connectivity index (χ3v) is 16.3. The summed E-state index contributed by atoms with van der Waals surface area (Å²) in [5.41, 5.74) is 0.295. The fourth-order valence-electron chi connectivity index (χ4n) is 10.7. The van der Waals surface area contributed by atoms with E-state index in [4.69, 9.17) is 66.3 Å². The first kappa shape index (κ1) is 74.5. The van der Waals surface area contributed by atoms with Crippen molar-refractivity contribution in [3.05, 3.63) is 47.5 Å². The summed E-state index contributed by atoms with van der Waals surface area (Å²) in [6.45, 7) is -5.12. The summed E-state index contributed by atoms with van der Waals surface area (Å²) < 4.78 is 80.7. The largest absolute Gasteiger partial charge is 0.487 e. The van der Waals surface area contributed by atoms with Gasteiger partial charge in [0.1, 0.15) is 183 Å². The first-order valence-electron chi connectivity index (χ1n) is 29.8. The number of benzene rings is 1. The van der Waals surface area contributed by atoms with E-state index in [0.29, 0.717) is 0 Å². The van der Waals surface area contributed by atoms with Crippen LogP contribution in [0.3, 0.4) is 0 Å². The number of carboxylic acids is 1. The summed E-state index contributed by atoms with van der Waals surface area (Å²) >= 11 is 0. The van der Waals surface area contributed by atoms with Crippen LogP contribution in [0.1, 0.15) is 21.7 Å². The van der Waals surface area contributed by atoms with Crippen LogP contribution in [0.15, 0.2) is 30.6 Å². The lowest BCUT2D eigenvalue weighted by atomic mass is 9.98. The molecule has 42 heteroatoms. The van der Waals surface area contributed by atoms with Gasteiger partial charge in [0, 0.05) is 6.07 Å². The highest BCUT2D eigenvalue weighted by atomic mass is 16.8. The van der Waals surface area contributed by atoms with Crippen molar-refractivity contribution >= 4 is 5.97 Å². The summed E-state index contributed by atoms with van der Waals surface area (Å²) in [5, 5.41) is 233. The van der Waals surface area contributed by atoms with Crippen molar-refractivity contribution in [3.8, 4) is 11.5 Å². The van der Waals surface area contributed by atoms with Crippen LogP contribution in [0.4, 0.5) is 0 Å². The summed E-state index contributed by atoms with van der Waals surface area (Å²) in [5.74, 6) is -1.23. The number of hydrogen-bond donors (Lipinski definition) is 21. The molecule has 0 saturated carbocycles. The first-order valence-corrected chi connectivity index (χ1v) is 29.8. The molecule has 6 saturated heterocycles. The Morgan fingerprint density at radius 3 is 0.905 bits per heavy atom. The number of aromatic carboxylic acids is 1. The quantitative estimate of drug-likeness (QED) is 0.0307. The van der Waals surface area contributed by atoms with Crippen LogP contribution in [0.5, 0.6) is 11.5 Å².